The van der Waals surface area contributed by atoms with Crippen LogP contribution in [0.3, 0.4) is 0 Å². The lowest BCUT2D eigenvalue weighted by Crippen LogP contribution is -2.20. The minimum absolute atomic E-state index is 0.0740. The average Bonchev–Trinajstić information content (AvgIpc) is 3.32. The largest absolute Gasteiger partial charge is 0.503 e. The van der Waals surface area contributed by atoms with Crippen LogP contribution in [-0.2, 0) is 17.6 Å². The number of carbonyl (C=O) groups is 2. The summed E-state index contributed by atoms with van der Waals surface area (Å²) in [4.78, 5) is 27.4. The lowest BCUT2D eigenvalue weighted by molar-refractivity contribution is -0.112. The Bertz CT molecular complexity index is 952. The van der Waals surface area contributed by atoms with Crippen LogP contribution in [0.4, 0.5) is 9.80 Å². The van der Waals surface area contributed by atoms with Gasteiger partial charge in [0.1, 0.15) is 10.0 Å². The number of rotatable bonds is 3. The fraction of sp³-hybridized carbons (Fsp3) is 0.476. The number of aromatic nitrogens is 1. The van der Waals surface area contributed by atoms with Crippen LogP contribution >= 0.6 is 22.7 Å². The molecule has 4 rings (SSSR count). The van der Waals surface area contributed by atoms with E-state index in [9.17, 15) is 4.79 Å². The summed E-state index contributed by atoms with van der Waals surface area (Å²) >= 11 is 3.45. The van der Waals surface area contributed by atoms with Crippen LogP contribution in [0.15, 0.2) is 17.0 Å². The Hall–Kier alpha value is -2.19. The molecular weight excluding hydrogens is 408 g/mol. The van der Waals surface area contributed by atoms with Crippen molar-refractivity contribution in [2.75, 3.05) is 5.32 Å². The van der Waals surface area contributed by atoms with Gasteiger partial charge in [-0.15, -0.1) is 22.7 Å². The second kappa shape index (κ2) is 8.67. The van der Waals surface area contributed by atoms with Gasteiger partial charge in [-0.3, -0.25) is 4.79 Å². The predicted octanol–water partition coefficient (Wildman–Crippen LogP) is 5.97. The molecule has 2 aromatic rings. The standard InChI is InChI=1S/C20H24N2OS2.CH2O3/c1-12-11-24-18(21-12)16-14-8-9-20(2,3)10-15(14)25-19(16)22-17(23)13-6-4-5-7-13;2-1(3)4/h6,11H,4-5,7-10H2,1-3H3,(H,22,23);(H2,2,3,4). The first kappa shape index (κ1) is 21.5. The molecule has 2 heterocycles. The minimum Gasteiger partial charge on any atom is -0.450 e. The van der Waals surface area contributed by atoms with E-state index in [1.54, 1.807) is 22.7 Å². The van der Waals surface area contributed by atoms with Gasteiger partial charge in [0.05, 0.1) is 0 Å². The fourth-order valence-corrected chi connectivity index (χ4v) is 6.19. The zero-order valence-corrected chi connectivity index (χ0v) is 18.5. The molecule has 0 radical (unpaired) electrons. The van der Waals surface area contributed by atoms with Crippen molar-refractivity contribution in [3.63, 3.8) is 0 Å². The number of anilines is 1. The van der Waals surface area contributed by atoms with Crippen LogP contribution in [0.2, 0.25) is 0 Å². The quantitative estimate of drug-likeness (QED) is 0.553. The zero-order valence-electron chi connectivity index (χ0n) is 16.9. The van der Waals surface area contributed by atoms with Crippen molar-refractivity contribution >= 4 is 39.7 Å². The highest BCUT2D eigenvalue weighted by Gasteiger charge is 2.32. The number of hydrogen-bond donors (Lipinski definition) is 3. The summed E-state index contributed by atoms with van der Waals surface area (Å²) in [7, 11) is 0. The van der Waals surface area contributed by atoms with E-state index in [1.807, 2.05) is 6.92 Å². The molecule has 0 saturated carbocycles. The molecule has 156 valence electrons. The van der Waals surface area contributed by atoms with Gasteiger partial charge in [-0.2, -0.15) is 0 Å². The molecule has 0 aromatic carbocycles. The van der Waals surface area contributed by atoms with E-state index in [1.165, 1.54) is 22.4 Å². The summed E-state index contributed by atoms with van der Waals surface area (Å²) < 4.78 is 0. The number of carboxylic acid groups (broad SMARTS) is 2. The van der Waals surface area contributed by atoms with Crippen molar-refractivity contribution < 1.29 is 19.8 Å². The Morgan fingerprint density at radius 1 is 1.24 bits per heavy atom. The lowest BCUT2D eigenvalue weighted by atomic mass is 9.77. The molecule has 0 fully saturated rings. The van der Waals surface area contributed by atoms with Gasteiger partial charge in [0.2, 0.25) is 0 Å². The lowest BCUT2D eigenvalue weighted by Gasteiger charge is -2.29. The van der Waals surface area contributed by atoms with Crippen LogP contribution in [0.25, 0.3) is 10.6 Å². The van der Waals surface area contributed by atoms with Gasteiger partial charge in [0.15, 0.2) is 0 Å². The number of thiophene rings is 1. The van der Waals surface area contributed by atoms with Crippen LogP contribution < -0.4 is 5.32 Å². The van der Waals surface area contributed by atoms with E-state index >= 15 is 0 Å². The minimum atomic E-state index is -1.83. The molecule has 3 N–H and O–H groups in total. The maximum absolute atomic E-state index is 12.7. The topological polar surface area (TPSA) is 99.5 Å². The molecule has 1 amide bonds. The van der Waals surface area contributed by atoms with Gasteiger partial charge < -0.3 is 15.5 Å². The second-order valence-corrected chi connectivity index (χ2v) is 10.2. The number of fused-ring (bicyclic) bond motifs is 1. The van der Waals surface area contributed by atoms with Gasteiger partial charge in [-0.05, 0) is 56.4 Å². The van der Waals surface area contributed by atoms with E-state index in [0.29, 0.717) is 5.41 Å². The normalized spacial score (nSPS) is 17.0. The Morgan fingerprint density at radius 2 is 1.97 bits per heavy atom. The van der Waals surface area contributed by atoms with Crippen molar-refractivity contribution in [2.45, 2.75) is 59.3 Å². The third-order valence-corrected chi connectivity index (χ3v) is 7.30. The molecule has 2 aliphatic rings. The summed E-state index contributed by atoms with van der Waals surface area (Å²) in [5.74, 6) is 0.0740. The Morgan fingerprint density at radius 3 is 2.55 bits per heavy atom. The summed E-state index contributed by atoms with van der Waals surface area (Å²) in [6.45, 7) is 6.71. The Kier molecular flexibility index (Phi) is 6.43. The highest BCUT2D eigenvalue weighted by atomic mass is 32.1. The van der Waals surface area contributed by atoms with Gasteiger partial charge in [-0.25, -0.2) is 9.78 Å². The maximum Gasteiger partial charge on any atom is 0.503 e. The monoisotopic (exact) mass is 434 g/mol. The maximum atomic E-state index is 12.7. The summed E-state index contributed by atoms with van der Waals surface area (Å²) in [6, 6.07) is 0. The average molecular weight is 435 g/mol. The second-order valence-electron chi connectivity index (χ2n) is 8.20. The molecule has 0 atom stereocenters. The number of nitrogens with one attached hydrogen (secondary N) is 1. The number of carbonyl (C=O) groups excluding carboxylic acids is 1. The van der Waals surface area contributed by atoms with E-state index < -0.39 is 6.16 Å². The third kappa shape index (κ3) is 5.25. The van der Waals surface area contributed by atoms with Crippen LogP contribution in [0, 0.1) is 12.3 Å². The molecule has 0 saturated heterocycles. The molecule has 0 bridgehead atoms. The molecule has 8 heteroatoms. The molecule has 6 nitrogen and oxygen atoms in total. The third-order valence-electron chi connectivity index (χ3n) is 5.17. The van der Waals surface area contributed by atoms with Crippen molar-refractivity contribution in [3.8, 4) is 10.6 Å². The van der Waals surface area contributed by atoms with E-state index in [-0.39, 0.29) is 5.91 Å². The number of amides is 1. The van der Waals surface area contributed by atoms with Crippen molar-refractivity contribution in [2.24, 2.45) is 5.41 Å². The summed E-state index contributed by atoms with van der Waals surface area (Å²) in [5.41, 5.74) is 4.91. The SMILES string of the molecule is Cc1csc(-c2c(NC(=O)C3=CCCC3)sc3c2CCC(C)(C)C3)n1.O=C(O)O. The van der Waals surface area contributed by atoms with Crippen molar-refractivity contribution in [3.05, 3.63) is 33.2 Å². The number of thiazole rings is 1. The Labute approximate surface area is 178 Å². The first-order chi connectivity index (χ1) is 13.7. The highest BCUT2D eigenvalue weighted by Crippen LogP contribution is 2.48. The molecular formula is C21H26N2O4S2. The van der Waals surface area contributed by atoms with Gasteiger partial charge in [0, 0.05) is 27.1 Å². The summed E-state index contributed by atoms with van der Waals surface area (Å²) in [5, 5.41) is 21.3. The number of hydrogen-bond acceptors (Lipinski definition) is 5. The highest BCUT2D eigenvalue weighted by molar-refractivity contribution is 7.18. The molecule has 2 aliphatic carbocycles. The molecule has 0 aliphatic heterocycles. The number of aryl methyl sites for hydroxylation is 1. The van der Waals surface area contributed by atoms with Gasteiger partial charge in [0.25, 0.3) is 5.91 Å². The molecule has 29 heavy (non-hydrogen) atoms. The number of nitrogens with zero attached hydrogens (tertiary/aromatic N) is 1. The molecule has 0 spiro atoms. The fourth-order valence-electron chi connectivity index (χ4n) is 3.75. The first-order valence-electron chi connectivity index (χ1n) is 9.65. The van der Waals surface area contributed by atoms with E-state index in [0.717, 1.165) is 53.4 Å². The van der Waals surface area contributed by atoms with Crippen LogP contribution in [0.1, 0.15) is 55.7 Å². The van der Waals surface area contributed by atoms with Gasteiger partial charge in [-0.1, -0.05) is 19.9 Å². The molecule has 2 aromatic heterocycles. The van der Waals surface area contributed by atoms with E-state index in [2.05, 4.69) is 30.6 Å². The summed E-state index contributed by atoms with van der Waals surface area (Å²) in [6.07, 6.45) is 6.61. The predicted molar refractivity (Wildman–Crippen MR) is 117 cm³/mol. The van der Waals surface area contributed by atoms with Crippen LogP contribution in [-0.4, -0.2) is 27.3 Å². The first-order valence-corrected chi connectivity index (χ1v) is 11.4. The Balaban J connectivity index is 0.000000552. The molecule has 0 unspecified atom stereocenters. The van der Waals surface area contributed by atoms with Gasteiger partial charge >= 0.3 is 6.16 Å². The zero-order chi connectivity index (χ0) is 21.2. The number of allylic oxidation sites excluding steroid dienone is 1. The van der Waals surface area contributed by atoms with Crippen molar-refractivity contribution in [1.82, 2.24) is 4.98 Å². The van der Waals surface area contributed by atoms with E-state index in [4.69, 9.17) is 20.0 Å². The van der Waals surface area contributed by atoms with Crippen molar-refractivity contribution in [1.29, 1.82) is 0 Å². The smallest absolute Gasteiger partial charge is 0.450 e. The van der Waals surface area contributed by atoms with Crippen LogP contribution in [0.5, 0.6) is 0 Å².